The molecule has 0 aromatic heterocycles. The highest BCUT2D eigenvalue weighted by Crippen LogP contribution is 2.28. The Labute approximate surface area is 121 Å². The molecule has 0 amide bonds. The number of hydrogen-bond acceptors (Lipinski definition) is 2. The molecule has 1 aliphatic rings. The smallest absolute Gasteiger partial charge is 0.0409 e. The van der Waals surface area contributed by atoms with Gasteiger partial charge in [0.15, 0.2) is 0 Å². The van der Waals surface area contributed by atoms with Gasteiger partial charge in [-0.2, -0.15) is 0 Å². The fourth-order valence-corrected chi connectivity index (χ4v) is 2.73. The molecule has 2 nitrogen and oxygen atoms in total. The maximum Gasteiger partial charge on any atom is 0.0409 e. The number of benzene rings is 1. The van der Waals surface area contributed by atoms with Crippen molar-refractivity contribution in [2.45, 2.75) is 32.9 Å². The third-order valence-electron chi connectivity index (χ3n) is 3.69. The van der Waals surface area contributed by atoms with Crippen molar-refractivity contribution < 1.29 is 0 Å². The quantitative estimate of drug-likeness (QED) is 0.905. The van der Waals surface area contributed by atoms with Crippen LogP contribution >= 0.6 is 24.0 Å². The molecule has 1 aliphatic heterocycles. The van der Waals surface area contributed by atoms with Gasteiger partial charge >= 0.3 is 0 Å². The Hall–Kier alpha value is -0.280. The summed E-state index contributed by atoms with van der Waals surface area (Å²) in [5.41, 5.74) is 7.63. The molecule has 1 heterocycles. The fourth-order valence-electron chi connectivity index (χ4n) is 2.51. The summed E-state index contributed by atoms with van der Waals surface area (Å²) >= 11 is 6.00. The Morgan fingerprint density at radius 2 is 2.17 bits per heavy atom. The maximum atomic E-state index is 6.14. The van der Waals surface area contributed by atoms with E-state index in [0.29, 0.717) is 6.04 Å². The summed E-state index contributed by atoms with van der Waals surface area (Å²) in [6, 6.07) is 8.42. The molecule has 0 aliphatic carbocycles. The summed E-state index contributed by atoms with van der Waals surface area (Å²) in [6.45, 7) is 7.61. The minimum atomic E-state index is 0. The molecular formula is C14H22Cl2N2. The van der Waals surface area contributed by atoms with Gasteiger partial charge < -0.3 is 5.73 Å². The number of nitrogens with two attached hydrogens (primary N) is 1. The number of piperidine rings is 1. The Balaban J connectivity index is 0.00000162. The first-order valence-corrected chi connectivity index (χ1v) is 6.57. The van der Waals surface area contributed by atoms with E-state index in [9.17, 15) is 0 Å². The number of likely N-dealkylation sites (tertiary alicyclic amines) is 1. The highest BCUT2D eigenvalue weighted by molar-refractivity contribution is 6.30. The van der Waals surface area contributed by atoms with E-state index in [1.54, 1.807) is 0 Å². The average Bonchev–Trinajstić information content (AvgIpc) is 2.23. The molecule has 4 heteroatoms. The topological polar surface area (TPSA) is 29.3 Å². The zero-order chi connectivity index (χ0) is 12.5. The molecule has 0 radical (unpaired) electrons. The van der Waals surface area contributed by atoms with E-state index in [-0.39, 0.29) is 17.8 Å². The summed E-state index contributed by atoms with van der Waals surface area (Å²) in [5, 5.41) is 0.815. The number of rotatable bonds is 2. The van der Waals surface area contributed by atoms with Crippen LogP contribution in [-0.4, -0.2) is 24.0 Å². The summed E-state index contributed by atoms with van der Waals surface area (Å²) in [5.74, 6) is 0. The van der Waals surface area contributed by atoms with Crippen LogP contribution in [0.4, 0.5) is 0 Å². The van der Waals surface area contributed by atoms with Crippen LogP contribution in [-0.2, 0) is 6.54 Å². The van der Waals surface area contributed by atoms with Gasteiger partial charge in [-0.05, 0) is 29.5 Å². The predicted octanol–water partition coefficient (Wildman–Crippen LogP) is 3.32. The van der Waals surface area contributed by atoms with Crippen LogP contribution in [0.2, 0.25) is 5.02 Å². The molecule has 1 saturated heterocycles. The van der Waals surface area contributed by atoms with E-state index < -0.39 is 0 Å². The third kappa shape index (κ3) is 3.86. The summed E-state index contributed by atoms with van der Waals surface area (Å²) in [7, 11) is 0. The van der Waals surface area contributed by atoms with E-state index in [1.165, 1.54) is 5.56 Å². The molecule has 18 heavy (non-hydrogen) atoms. The minimum Gasteiger partial charge on any atom is -0.327 e. The van der Waals surface area contributed by atoms with Crippen molar-refractivity contribution in [1.82, 2.24) is 4.90 Å². The second-order valence-corrected chi connectivity index (χ2v) is 6.16. The van der Waals surface area contributed by atoms with Gasteiger partial charge in [-0.15, -0.1) is 12.4 Å². The van der Waals surface area contributed by atoms with Crippen LogP contribution in [0.3, 0.4) is 0 Å². The van der Waals surface area contributed by atoms with Gasteiger partial charge in [0.05, 0.1) is 0 Å². The molecule has 1 unspecified atom stereocenters. The molecule has 0 bridgehead atoms. The molecular weight excluding hydrogens is 267 g/mol. The van der Waals surface area contributed by atoms with E-state index in [2.05, 4.69) is 24.8 Å². The normalized spacial score (nSPS) is 23.4. The standard InChI is InChI=1S/C14H21ClN2.ClH/c1-14(2)10-17(7-6-13(14)16)9-11-4-3-5-12(15)8-11;/h3-5,8,13H,6-7,9-10,16H2,1-2H3;1H. The maximum absolute atomic E-state index is 6.14. The van der Waals surface area contributed by atoms with Crippen molar-refractivity contribution in [2.75, 3.05) is 13.1 Å². The molecule has 0 saturated carbocycles. The second-order valence-electron chi connectivity index (χ2n) is 5.72. The minimum absolute atomic E-state index is 0. The van der Waals surface area contributed by atoms with E-state index in [4.69, 9.17) is 17.3 Å². The van der Waals surface area contributed by atoms with Crippen LogP contribution in [0.5, 0.6) is 0 Å². The van der Waals surface area contributed by atoms with E-state index in [1.807, 2.05) is 18.2 Å². The lowest BCUT2D eigenvalue weighted by atomic mass is 9.79. The van der Waals surface area contributed by atoms with Gasteiger partial charge in [-0.25, -0.2) is 0 Å². The number of halogens is 2. The van der Waals surface area contributed by atoms with Gasteiger partial charge in [-0.3, -0.25) is 4.90 Å². The monoisotopic (exact) mass is 288 g/mol. The fraction of sp³-hybridized carbons (Fsp3) is 0.571. The largest absolute Gasteiger partial charge is 0.327 e. The van der Waals surface area contributed by atoms with Crippen molar-refractivity contribution >= 4 is 24.0 Å². The van der Waals surface area contributed by atoms with Gasteiger partial charge in [0.2, 0.25) is 0 Å². The molecule has 2 rings (SSSR count). The molecule has 2 N–H and O–H groups in total. The Bertz CT molecular complexity index is 393. The van der Waals surface area contributed by atoms with Crippen LogP contribution in [0.1, 0.15) is 25.8 Å². The van der Waals surface area contributed by atoms with Crippen LogP contribution in [0.25, 0.3) is 0 Å². The van der Waals surface area contributed by atoms with Crippen molar-refractivity contribution in [3.05, 3.63) is 34.9 Å². The zero-order valence-corrected chi connectivity index (χ0v) is 12.6. The summed E-state index contributed by atoms with van der Waals surface area (Å²) in [6.07, 6.45) is 1.08. The summed E-state index contributed by atoms with van der Waals surface area (Å²) < 4.78 is 0. The predicted molar refractivity (Wildman–Crippen MR) is 80.4 cm³/mol. The summed E-state index contributed by atoms with van der Waals surface area (Å²) in [4.78, 5) is 2.47. The van der Waals surface area contributed by atoms with Crippen molar-refractivity contribution in [3.63, 3.8) is 0 Å². The van der Waals surface area contributed by atoms with Crippen molar-refractivity contribution in [3.8, 4) is 0 Å². The number of hydrogen-bond donors (Lipinski definition) is 1. The van der Waals surface area contributed by atoms with E-state index in [0.717, 1.165) is 31.1 Å². The number of nitrogens with zero attached hydrogens (tertiary/aromatic N) is 1. The van der Waals surface area contributed by atoms with E-state index >= 15 is 0 Å². The Kier molecular flexibility index (Phi) is 5.47. The lowest BCUT2D eigenvalue weighted by molar-refractivity contribution is 0.0899. The van der Waals surface area contributed by atoms with Gasteiger partial charge in [0.1, 0.15) is 0 Å². The Morgan fingerprint density at radius 1 is 1.44 bits per heavy atom. The Morgan fingerprint density at radius 3 is 2.78 bits per heavy atom. The first-order valence-electron chi connectivity index (χ1n) is 6.20. The lowest BCUT2D eigenvalue weighted by Crippen LogP contribution is -2.52. The van der Waals surface area contributed by atoms with Gasteiger partial charge in [-0.1, -0.05) is 37.6 Å². The average molecular weight is 289 g/mol. The molecule has 0 spiro atoms. The van der Waals surface area contributed by atoms with Crippen LogP contribution in [0.15, 0.2) is 24.3 Å². The molecule has 1 fully saturated rings. The van der Waals surface area contributed by atoms with Crippen molar-refractivity contribution in [2.24, 2.45) is 11.1 Å². The molecule has 1 aromatic carbocycles. The van der Waals surface area contributed by atoms with Crippen molar-refractivity contribution in [1.29, 1.82) is 0 Å². The molecule has 1 atom stereocenters. The zero-order valence-electron chi connectivity index (χ0n) is 11.0. The molecule has 1 aromatic rings. The lowest BCUT2D eigenvalue weighted by Gasteiger charge is -2.42. The highest BCUT2D eigenvalue weighted by atomic mass is 35.5. The third-order valence-corrected chi connectivity index (χ3v) is 3.92. The van der Waals surface area contributed by atoms with Gasteiger partial charge in [0.25, 0.3) is 0 Å². The van der Waals surface area contributed by atoms with Crippen LogP contribution in [0, 0.1) is 5.41 Å². The molecule has 102 valence electrons. The van der Waals surface area contributed by atoms with Crippen LogP contribution < -0.4 is 5.73 Å². The first-order chi connectivity index (χ1) is 7.97. The second kappa shape index (κ2) is 6.25. The SMILES string of the molecule is CC1(C)CN(Cc2cccc(Cl)c2)CCC1N.Cl. The highest BCUT2D eigenvalue weighted by Gasteiger charge is 2.33. The first kappa shape index (κ1) is 15.8. The van der Waals surface area contributed by atoms with Gasteiger partial charge in [0, 0.05) is 30.7 Å².